The number of ether oxygens (including phenoxy) is 2. The number of pyridine rings is 1. The van der Waals surface area contributed by atoms with Gasteiger partial charge in [-0.1, -0.05) is 47.5 Å². The van der Waals surface area contributed by atoms with Crippen LogP contribution >= 0.6 is 35.6 Å². The molecule has 1 amide bonds. The third kappa shape index (κ3) is 8.98. The van der Waals surface area contributed by atoms with E-state index in [0.717, 1.165) is 41.3 Å². The standard InChI is InChI=1S/C34H30Cl2N4O3.ClH/c1-24-18-28(8-13-33(41)40-16-14-39(15-17-40)22-26-6-9-29(35)10-7-26)19-31(36)34(24)43-32-12-11-30(21-38-32)42-23-27-4-2-25(20-37)3-5-27;/h2-13,18-19,21H,14-17,22-23H2,1H3;1H/b13-8+;. The maximum Gasteiger partial charge on any atom is 0.246 e. The summed E-state index contributed by atoms with van der Waals surface area (Å²) in [7, 11) is 0. The molecule has 0 radical (unpaired) electrons. The van der Waals surface area contributed by atoms with Crippen molar-refractivity contribution in [2.24, 2.45) is 0 Å². The molecule has 3 aromatic carbocycles. The zero-order valence-electron chi connectivity index (χ0n) is 24.1. The lowest BCUT2D eigenvalue weighted by Crippen LogP contribution is -2.47. The average molecular weight is 650 g/mol. The van der Waals surface area contributed by atoms with Crippen molar-refractivity contribution >= 4 is 47.6 Å². The van der Waals surface area contributed by atoms with Gasteiger partial charge in [0.2, 0.25) is 11.8 Å². The molecular weight excluding hydrogens is 619 g/mol. The number of rotatable bonds is 9. The number of nitrogens with zero attached hydrogens (tertiary/aromatic N) is 4. The fourth-order valence-electron chi connectivity index (χ4n) is 4.69. The third-order valence-electron chi connectivity index (χ3n) is 7.08. The van der Waals surface area contributed by atoms with Gasteiger partial charge in [-0.25, -0.2) is 4.98 Å². The van der Waals surface area contributed by atoms with Crippen LogP contribution in [0.25, 0.3) is 6.08 Å². The topological polar surface area (TPSA) is 78.7 Å². The first-order valence-electron chi connectivity index (χ1n) is 13.9. The molecule has 1 aliphatic heterocycles. The Balaban J connectivity index is 0.00000442. The molecule has 1 aliphatic rings. The van der Waals surface area contributed by atoms with Gasteiger partial charge in [-0.05, 0) is 77.7 Å². The summed E-state index contributed by atoms with van der Waals surface area (Å²) < 4.78 is 11.8. The highest BCUT2D eigenvalue weighted by Gasteiger charge is 2.20. The minimum Gasteiger partial charge on any atom is -0.487 e. The Morgan fingerprint density at radius 2 is 1.68 bits per heavy atom. The monoisotopic (exact) mass is 648 g/mol. The van der Waals surface area contributed by atoms with E-state index in [1.165, 1.54) is 5.56 Å². The number of carbonyl (C=O) groups is 1. The smallest absolute Gasteiger partial charge is 0.246 e. The molecule has 0 aliphatic carbocycles. The van der Waals surface area contributed by atoms with Crippen LogP contribution in [0, 0.1) is 18.3 Å². The Bertz CT molecular complexity index is 1610. The quantitative estimate of drug-likeness (QED) is 0.173. The highest BCUT2D eigenvalue weighted by molar-refractivity contribution is 6.32. The van der Waals surface area contributed by atoms with Crippen molar-refractivity contribution in [1.82, 2.24) is 14.8 Å². The molecule has 2 heterocycles. The van der Waals surface area contributed by atoms with Crippen molar-refractivity contribution in [3.8, 4) is 23.4 Å². The van der Waals surface area contributed by atoms with Crippen LogP contribution in [0.15, 0.2) is 85.1 Å². The maximum absolute atomic E-state index is 12.9. The summed E-state index contributed by atoms with van der Waals surface area (Å²) in [4.78, 5) is 21.4. The minimum atomic E-state index is -0.0223. The van der Waals surface area contributed by atoms with E-state index in [0.29, 0.717) is 47.7 Å². The zero-order chi connectivity index (χ0) is 30.2. The van der Waals surface area contributed by atoms with Gasteiger partial charge < -0.3 is 14.4 Å². The van der Waals surface area contributed by atoms with Crippen LogP contribution in [-0.2, 0) is 17.9 Å². The molecule has 0 unspecified atom stereocenters. The summed E-state index contributed by atoms with van der Waals surface area (Å²) >= 11 is 12.6. The molecule has 1 fully saturated rings. The van der Waals surface area contributed by atoms with Gasteiger partial charge in [0.05, 0.1) is 22.9 Å². The Labute approximate surface area is 273 Å². The number of halogens is 3. The second-order valence-corrected chi connectivity index (χ2v) is 11.1. The van der Waals surface area contributed by atoms with Gasteiger partial charge in [0.1, 0.15) is 12.4 Å². The number of nitriles is 1. The fourth-order valence-corrected chi connectivity index (χ4v) is 5.13. The first-order valence-corrected chi connectivity index (χ1v) is 14.6. The van der Waals surface area contributed by atoms with E-state index in [1.54, 1.807) is 48.7 Å². The summed E-state index contributed by atoms with van der Waals surface area (Å²) in [5, 5.41) is 10.1. The summed E-state index contributed by atoms with van der Waals surface area (Å²) in [6.45, 7) is 6.08. The molecule has 44 heavy (non-hydrogen) atoms. The second-order valence-electron chi connectivity index (χ2n) is 10.2. The number of aryl methyl sites for hydroxylation is 1. The van der Waals surface area contributed by atoms with Gasteiger partial charge in [0.15, 0.2) is 5.75 Å². The van der Waals surface area contributed by atoms with Crippen LogP contribution in [0.1, 0.15) is 27.8 Å². The van der Waals surface area contributed by atoms with Crippen molar-refractivity contribution in [2.45, 2.75) is 20.1 Å². The van der Waals surface area contributed by atoms with E-state index < -0.39 is 0 Å². The molecule has 1 saturated heterocycles. The summed E-state index contributed by atoms with van der Waals surface area (Å²) in [6, 6.07) is 24.4. The fraction of sp³-hybridized carbons (Fsp3) is 0.206. The first-order chi connectivity index (χ1) is 20.9. The lowest BCUT2D eigenvalue weighted by molar-refractivity contribution is -0.127. The number of hydrogen-bond acceptors (Lipinski definition) is 6. The van der Waals surface area contributed by atoms with Crippen molar-refractivity contribution in [3.63, 3.8) is 0 Å². The molecule has 5 rings (SSSR count). The van der Waals surface area contributed by atoms with Crippen molar-refractivity contribution in [2.75, 3.05) is 26.2 Å². The van der Waals surface area contributed by atoms with Crippen molar-refractivity contribution < 1.29 is 14.3 Å². The Morgan fingerprint density at radius 3 is 2.32 bits per heavy atom. The van der Waals surface area contributed by atoms with Gasteiger partial charge in [0.25, 0.3) is 0 Å². The molecule has 1 aromatic heterocycles. The molecule has 0 bridgehead atoms. The molecule has 10 heteroatoms. The molecule has 0 N–H and O–H groups in total. The predicted octanol–water partition coefficient (Wildman–Crippen LogP) is 7.72. The van der Waals surface area contributed by atoms with Gasteiger partial charge >= 0.3 is 0 Å². The zero-order valence-corrected chi connectivity index (χ0v) is 26.4. The van der Waals surface area contributed by atoms with E-state index in [9.17, 15) is 4.79 Å². The van der Waals surface area contributed by atoms with Gasteiger partial charge in [-0.2, -0.15) is 5.26 Å². The van der Waals surface area contributed by atoms with E-state index in [4.69, 9.17) is 37.9 Å². The third-order valence-corrected chi connectivity index (χ3v) is 7.61. The SMILES string of the molecule is Cc1cc(/C=C/C(=O)N2CCN(Cc3ccc(Cl)cc3)CC2)cc(Cl)c1Oc1ccc(OCc2ccc(C#N)cc2)cn1.Cl. The summed E-state index contributed by atoms with van der Waals surface area (Å²) in [6.07, 6.45) is 4.96. The molecular formula is C34H31Cl3N4O3. The van der Waals surface area contributed by atoms with Gasteiger partial charge in [0, 0.05) is 49.9 Å². The van der Waals surface area contributed by atoms with Crippen molar-refractivity contribution in [1.29, 1.82) is 5.26 Å². The predicted molar refractivity (Wildman–Crippen MR) is 176 cm³/mol. The first kappa shape index (κ1) is 32.8. The average Bonchev–Trinajstić information content (AvgIpc) is 3.03. The van der Waals surface area contributed by atoms with E-state index in [-0.39, 0.29) is 18.3 Å². The van der Waals surface area contributed by atoms with Crippen molar-refractivity contribution in [3.05, 3.63) is 123 Å². The van der Waals surface area contributed by atoms with E-state index >= 15 is 0 Å². The van der Waals surface area contributed by atoms with Gasteiger partial charge in [-0.15, -0.1) is 12.4 Å². The van der Waals surface area contributed by atoms with Crippen LogP contribution < -0.4 is 9.47 Å². The molecule has 226 valence electrons. The maximum atomic E-state index is 12.9. The molecule has 0 saturated carbocycles. The Morgan fingerprint density at radius 1 is 0.977 bits per heavy atom. The molecule has 0 spiro atoms. The molecule has 7 nitrogen and oxygen atoms in total. The number of aromatic nitrogens is 1. The lowest BCUT2D eigenvalue weighted by Gasteiger charge is -2.34. The Kier molecular flexibility index (Phi) is 11.6. The minimum absolute atomic E-state index is 0. The van der Waals surface area contributed by atoms with Crippen LogP contribution in [0.2, 0.25) is 10.0 Å². The van der Waals surface area contributed by atoms with Crippen LogP contribution in [-0.4, -0.2) is 46.9 Å². The summed E-state index contributed by atoms with van der Waals surface area (Å²) in [5.74, 6) is 1.45. The number of piperazine rings is 1. The highest BCUT2D eigenvalue weighted by Crippen LogP contribution is 2.34. The molecule has 4 aromatic rings. The number of benzene rings is 3. The normalized spacial score (nSPS) is 13.3. The number of amides is 1. The lowest BCUT2D eigenvalue weighted by atomic mass is 10.1. The number of hydrogen-bond donors (Lipinski definition) is 0. The van der Waals surface area contributed by atoms with E-state index in [1.807, 2.05) is 54.3 Å². The second kappa shape index (κ2) is 15.6. The number of carbonyl (C=O) groups excluding carboxylic acids is 1. The largest absolute Gasteiger partial charge is 0.487 e. The Hall–Kier alpha value is -4.06. The van der Waals surface area contributed by atoms with Crippen LogP contribution in [0.3, 0.4) is 0 Å². The highest BCUT2D eigenvalue weighted by atomic mass is 35.5. The van der Waals surface area contributed by atoms with Gasteiger partial charge in [-0.3, -0.25) is 9.69 Å². The van der Waals surface area contributed by atoms with Crippen LogP contribution in [0.5, 0.6) is 17.4 Å². The molecule has 0 atom stereocenters. The van der Waals surface area contributed by atoms with E-state index in [2.05, 4.69) is 16.0 Å². The summed E-state index contributed by atoms with van der Waals surface area (Å²) in [5.41, 5.74) is 4.39. The van der Waals surface area contributed by atoms with Crippen LogP contribution in [0.4, 0.5) is 0 Å².